The number of hydrogen-bond donors (Lipinski definition) is 0. The van der Waals surface area contributed by atoms with Crippen LogP contribution < -0.4 is 0 Å². The Kier molecular flexibility index (Phi) is 7.03. The highest BCUT2D eigenvalue weighted by molar-refractivity contribution is 4.97. The monoisotopic (exact) mass is 411 g/mol. The molecule has 2 heterocycles. The Hall–Kier alpha value is -0.640. The maximum atomic E-state index is 14.9. The van der Waals surface area contributed by atoms with E-state index < -0.39 is 48.9 Å². The molecule has 4 atom stereocenters. The lowest BCUT2D eigenvalue weighted by molar-refractivity contribution is -0.299. The van der Waals surface area contributed by atoms with Crippen LogP contribution in [0.15, 0.2) is 0 Å². The molecule has 0 aromatic carbocycles. The van der Waals surface area contributed by atoms with Crippen LogP contribution in [-0.4, -0.2) is 60.4 Å². The summed E-state index contributed by atoms with van der Waals surface area (Å²) in [5, 5.41) is 0. The minimum atomic E-state index is -5.79. The maximum Gasteiger partial charge on any atom is 0.425 e. The lowest BCUT2D eigenvalue weighted by atomic mass is 9.92. The van der Waals surface area contributed by atoms with E-state index >= 15 is 0 Å². The number of nitrogens with zero attached hydrogens (tertiary/aromatic N) is 1. The van der Waals surface area contributed by atoms with Crippen LogP contribution in [0.2, 0.25) is 0 Å². The third-order valence-corrected chi connectivity index (χ3v) is 5.49. The van der Waals surface area contributed by atoms with Gasteiger partial charge in [-0.25, -0.2) is 22.0 Å². The first-order chi connectivity index (χ1) is 12.4. The zero-order valence-corrected chi connectivity index (χ0v) is 15.1. The molecule has 2 fully saturated rings. The molecular weight excluding hydrogens is 386 g/mol. The molecule has 2 aliphatic heterocycles. The summed E-state index contributed by atoms with van der Waals surface area (Å²) in [5.41, 5.74) is 0. The minimum absolute atomic E-state index is 0.183. The molecule has 0 aliphatic carbocycles. The van der Waals surface area contributed by atoms with Crippen LogP contribution in [0.4, 0.5) is 35.1 Å². The molecule has 10 heteroatoms. The van der Waals surface area contributed by atoms with Crippen molar-refractivity contribution in [2.24, 2.45) is 0 Å². The van der Waals surface area contributed by atoms with Crippen molar-refractivity contribution in [2.45, 2.75) is 94.3 Å². The van der Waals surface area contributed by atoms with Crippen LogP contribution in [0.5, 0.6) is 0 Å². The molecule has 2 rings (SSSR count). The van der Waals surface area contributed by atoms with Crippen molar-refractivity contribution in [1.82, 2.24) is 4.90 Å². The molecule has 2 saturated heterocycles. The molecule has 0 spiro atoms. The molecule has 0 aromatic heterocycles. The van der Waals surface area contributed by atoms with Crippen molar-refractivity contribution in [3.8, 4) is 0 Å². The number of halogens is 8. The minimum Gasteiger partial charge on any atom is -0.362 e. The smallest absolute Gasteiger partial charge is 0.362 e. The highest BCUT2D eigenvalue weighted by Crippen LogP contribution is 2.44. The van der Waals surface area contributed by atoms with Crippen LogP contribution in [0.25, 0.3) is 0 Å². The molecule has 0 bridgehead atoms. The second-order valence-corrected chi connectivity index (χ2v) is 7.42. The van der Waals surface area contributed by atoms with Gasteiger partial charge >= 0.3 is 12.1 Å². The van der Waals surface area contributed by atoms with Gasteiger partial charge in [0.15, 0.2) is 0 Å². The Balaban J connectivity index is 2.11. The van der Waals surface area contributed by atoms with Gasteiger partial charge in [0.1, 0.15) is 12.2 Å². The quantitative estimate of drug-likeness (QED) is 0.565. The average molecular weight is 411 g/mol. The predicted octanol–water partition coefficient (Wildman–Crippen LogP) is 5.36. The van der Waals surface area contributed by atoms with Crippen molar-refractivity contribution in [1.29, 1.82) is 0 Å². The van der Waals surface area contributed by atoms with E-state index in [1.54, 1.807) is 4.90 Å². The highest BCUT2D eigenvalue weighted by atomic mass is 19.4. The summed E-state index contributed by atoms with van der Waals surface area (Å²) in [6, 6.07) is -1.31. The number of rotatable bonds is 5. The molecular formula is C17H25F8NO. The summed E-state index contributed by atoms with van der Waals surface area (Å²) in [7, 11) is 0. The van der Waals surface area contributed by atoms with Gasteiger partial charge in [-0.2, -0.15) is 13.2 Å². The van der Waals surface area contributed by atoms with Crippen molar-refractivity contribution < 1.29 is 39.9 Å². The Labute approximate surface area is 153 Å². The summed E-state index contributed by atoms with van der Waals surface area (Å²) in [6.45, 7) is 2.14. The molecule has 0 aromatic rings. The van der Waals surface area contributed by atoms with Gasteiger partial charge in [-0.05, 0) is 52.1 Å². The van der Waals surface area contributed by atoms with Crippen molar-refractivity contribution in [3.63, 3.8) is 0 Å². The van der Waals surface area contributed by atoms with Gasteiger partial charge in [-0.3, -0.25) is 4.90 Å². The SMILES string of the molecule is CC(N1CCCCCC1)C(F)(F)C1CCCC(C(F)(F)C(F)C(F)(F)F)O1. The largest absolute Gasteiger partial charge is 0.425 e. The molecule has 0 amide bonds. The fourth-order valence-corrected chi connectivity index (χ4v) is 3.77. The Morgan fingerprint density at radius 1 is 0.778 bits per heavy atom. The Bertz CT molecular complexity index is 476. The molecule has 160 valence electrons. The van der Waals surface area contributed by atoms with E-state index in [0.717, 1.165) is 25.7 Å². The van der Waals surface area contributed by atoms with Crippen LogP contribution in [-0.2, 0) is 4.74 Å². The molecule has 27 heavy (non-hydrogen) atoms. The standard InChI is InChI=1S/C17H25F8NO/c1-11(26-9-4-2-3-5-10-26)15(19,20)12-7-6-8-13(27-12)16(21,22)14(18)17(23,24)25/h11-14H,2-10H2,1H3. The summed E-state index contributed by atoms with van der Waals surface area (Å²) in [4.78, 5) is 1.56. The summed E-state index contributed by atoms with van der Waals surface area (Å²) in [6.07, 6.45) is -12.5. The van der Waals surface area contributed by atoms with E-state index in [0.29, 0.717) is 13.1 Å². The van der Waals surface area contributed by atoms with Gasteiger partial charge in [-0.15, -0.1) is 0 Å². The van der Waals surface area contributed by atoms with Gasteiger partial charge in [0.25, 0.3) is 12.1 Å². The van der Waals surface area contributed by atoms with Crippen LogP contribution in [0, 0.1) is 0 Å². The van der Waals surface area contributed by atoms with Gasteiger partial charge in [0, 0.05) is 0 Å². The number of ether oxygens (including phenoxy) is 1. The number of alkyl halides is 8. The molecule has 2 nitrogen and oxygen atoms in total. The van der Waals surface area contributed by atoms with Crippen molar-refractivity contribution in [3.05, 3.63) is 0 Å². The maximum absolute atomic E-state index is 14.9. The van der Waals surface area contributed by atoms with E-state index in [2.05, 4.69) is 0 Å². The fraction of sp³-hybridized carbons (Fsp3) is 1.00. The third-order valence-electron chi connectivity index (χ3n) is 5.49. The van der Waals surface area contributed by atoms with Gasteiger partial charge in [0.05, 0.1) is 6.04 Å². The van der Waals surface area contributed by atoms with Crippen LogP contribution in [0.3, 0.4) is 0 Å². The first-order valence-electron chi connectivity index (χ1n) is 9.24. The molecule has 0 N–H and O–H groups in total. The normalized spacial score (nSPS) is 29.2. The molecule has 0 radical (unpaired) electrons. The molecule has 4 unspecified atom stereocenters. The lowest BCUT2D eigenvalue weighted by Gasteiger charge is -2.42. The van der Waals surface area contributed by atoms with E-state index in [1.165, 1.54) is 6.92 Å². The lowest BCUT2D eigenvalue weighted by Crippen LogP contribution is -2.58. The Morgan fingerprint density at radius 2 is 1.26 bits per heavy atom. The average Bonchev–Trinajstić information content (AvgIpc) is 2.89. The van der Waals surface area contributed by atoms with Crippen molar-refractivity contribution in [2.75, 3.05) is 13.1 Å². The van der Waals surface area contributed by atoms with E-state index in [1.807, 2.05) is 0 Å². The van der Waals surface area contributed by atoms with Crippen molar-refractivity contribution >= 4 is 0 Å². The second kappa shape index (κ2) is 8.39. The van der Waals surface area contributed by atoms with Crippen LogP contribution >= 0.6 is 0 Å². The fourth-order valence-electron chi connectivity index (χ4n) is 3.77. The van der Waals surface area contributed by atoms with E-state index in [4.69, 9.17) is 4.74 Å². The first-order valence-corrected chi connectivity index (χ1v) is 9.24. The van der Waals surface area contributed by atoms with Gasteiger partial charge < -0.3 is 4.74 Å². The number of likely N-dealkylation sites (tertiary alicyclic amines) is 1. The summed E-state index contributed by atoms with van der Waals surface area (Å²) in [5.74, 6) is -8.46. The predicted molar refractivity (Wildman–Crippen MR) is 82.9 cm³/mol. The molecule has 0 saturated carbocycles. The third kappa shape index (κ3) is 5.05. The molecule has 2 aliphatic rings. The summed E-state index contributed by atoms with van der Waals surface area (Å²) >= 11 is 0. The first kappa shape index (κ1) is 22.6. The van der Waals surface area contributed by atoms with Gasteiger partial charge in [0.2, 0.25) is 0 Å². The zero-order chi connectivity index (χ0) is 20.5. The Morgan fingerprint density at radius 3 is 1.74 bits per heavy atom. The van der Waals surface area contributed by atoms with Gasteiger partial charge in [-0.1, -0.05) is 12.8 Å². The zero-order valence-electron chi connectivity index (χ0n) is 15.1. The second-order valence-electron chi connectivity index (χ2n) is 7.42. The van der Waals surface area contributed by atoms with E-state index in [-0.39, 0.29) is 12.8 Å². The van der Waals surface area contributed by atoms with Crippen LogP contribution in [0.1, 0.15) is 51.9 Å². The number of hydrogen-bond acceptors (Lipinski definition) is 2. The summed E-state index contributed by atoms with van der Waals surface area (Å²) < 4.78 is 113. The van der Waals surface area contributed by atoms with E-state index in [9.17, 15) is 35.1 Å². The highest BCUT2D eigenvalue weighted by Gasteiger charge is 2.63. The topological polar surface area (TPSA) is 12.5 Å².